The fraction of sp³-hybridized carbons (Fsp3) is 0.231. The number of esters is 1. The molecule has 0 aromatic heterocycles. The normalized spacial score (nSPS) is 10.1. The van der Waals surface area contributed by atoms with Gasteiger partial charge in [-0.2, -0.15) is 0 Å². The summed E-state index contributed by atoms with van der Waals surface area (Å²) in [6.07, 6.45) is 0.260. The minimum absolute atomic E-state index is 0.0361. The van der Waals surface area contributed by atoms with E-state index in [0.29, 0.717) is 12.1 Å². The van der Waals surface area contributed by atoms with Gasteiger partial charge in [0.15, 0.2) is 11.6 Å². The molecule has 3 nitrogen and oxygen atoms in total. The van der Waals surface area contributed by atoms with Crippen molar-refractivity contribution in [3.8, 4) is 0 Å². The third kappa shape index (κ3) is 4.57. The van der Waals surface area contributed by atoms with E-state index < -0.39 is 42.0 Å². The Labute approximate surface area is 107 Å². The van der Waals surface area contributed by atoms with Gasteiger partial charge in [0.1, 0.15) is 24.6 Å². The lowest BCUT2D eigenvalue weighted by atomic mass is 10.1. The van der Waals surface area contributed by atoms with E-state index in [9.17, 15) is 22.8 Å². The summed E-state index contributed by atoms with van der Waals surface area (Å²) in [5, 5.41) is 0. The highest BCUT2D eigenvalue weighted by Crippen LogP contribution is 2.15. The number of rotatable bonds is 6. The molecule has 0 radical (unpaired) electrons. The second-order valence-corrected chi connectivity index (χ2v) is 3.72. The van der Waals surface area contributed by atoms with Crippen molar-refractivity contribution in [2.45, 2.75) is 12.8 Å². The van der Waals surface area contributed by atoms with Crippen LogP contribution in [0.25, 0.3) is 0 Å². The van der Waals surface area contributed by atoms with Crippen LogP contribution in [0, 0.1) is 17.5 Å². The van der Waals surface area contributed by atoms with Gasteiger partial charge in [0.05, 0.1) is 0 Å². The van der Waals surface area contributed by atoms with Crippen molar-refractivity contribution in [3.05, 3.63) is 47.8 Å². The largest absolute Gasteiger partial charge is 0.461 e. The third-order valence-electron chi connectivity index (χ3n) is 2.18. The van der Waals surface area contributed by atoms with Gasteiger partial charge in [0.25, 0.3) is 0 Å². The van der Waals surface area contributed by atoms with Gasteiger partial charge in [-0.3, -0.25) is 9.59 Å². The average molecular weight is 272 g/mol. The molecule has 0 aliphatic rings. The first kappa shape index (κ1) is 14.9. The van der Waals surface area contributed by atoms with E-state index >= 15 is 0 Å². The Bertz CT molecular complexity index is 512. The Hall–Kier alpha value is -2.11. The van der Waals surface area contributed by atoms with Gasteiger partial charge in [0.2, 0.25) is 0 Å². The summed E-state index contributed by atoms with van der Waals surface area (Å²) in [4.78, 5) is 22.5. The van der Waals surface area contributed by atoms with Gasteiger partial charge in [-0.15, -0.1) is 0 Å². The highest BCUT2D eigenvalue weighted by molar-refractivity contribution is 5.96. The number of Topliss-reactive ketones (excluding diaryl/α,β-unsaturated/α-hetero) is 1. The Morgan fingerprint density at radius 1 is 1.16 bits per heavy atom. The zero-order chi connectivity index (χ0) is 14.4. The number of benzene rings is 1. The molecule has 0 atom stereocenters. The molecule has 0 aliphatic heterocycles. The Morgan fingerprint density at radius 3 is 2.42 bits per heavy atom. The standard InChI is InChI=1S/C13H11F3O3/c1-2-3-19-13(18)6-9(17)4-8-5-11(15)12(16)7-10(8)14/h2,5,7H,1,3-4,6H2. The molecule has 102 valence electrons. The molecule has 0 spiro atoms. The van der Waals surface area contributed by atoms with Gasteiger partial charge in [-0.05, 0) is 11.6 Å². The van der Waals surface area contributed by atoms with Crippen LogP contribution < -0.4 is 0 Å². The third-order valence-corrected chi connectivity index (χ3v) is 2.18. The number of ether oxygens (including phenoxy) is 1. The molecule has 6 heteroatoms. The number of hydrogen-bond donors (Lipinski definition) is 0. The van der Waals surface area contributed by atoms with E-state index in [4.69, 9.17) is 0 Å². The molecular weight excluding hydrogens is 261 g/mol. The summed E-state index contributed by atoms with van der Waals surface area (Å²) in [6, 6.07) is 0.950. The van der Waals surface area contributed by atoms with E-state index in [1.165, 1.54) is 6.08 Å². The monoisotopic (exact) mass is 272 g/mol. The van der Waals surface area contributed by atoms with Gasteiger partial charge in [0, 0.05) is 12.5 Å². The van der Waals surface area contributed by atoms with Crippen LogP contribution >= 0.6 is 0 Å². The molecule has 0 heterocycles. The quantitative estimate of drug-likeness (QED) is 0.345. The molecule has 0 fully saturated rings. The predicted molar refractivity (Wildman–Crippen MR) is 60.8 cm³/mol. The predicted octanol–water partition coefficient (Wildman–Crippen LogP) is 2.33. The van der Waals surface area contributed by atoms with Gasteiger partial charge in [-0.25, -0.2) is 13.2 Å². The van der Waals surface area contributed by atoms with E-state index in [0.717, 1.165) is 0 Å². The van der Waals surface area contributed by atoms with Gasteiger partial charge in [-0.1, -0.05) is 12.7 Å². The van der Waals surface area contributed by atoms with Crippen LogP contribution in [0.4, 0.5) is 13.2 Å². The number of hydrogen-bond acceptors (Lipinski definition) is 3. The maximum atomic E-state index is 13.2. The van der Waals surface area contributed by atoms with Crippen LogP contribution in [-0.2, 0) is 20.7 Å². The molecule has 1 aromatic carbocycles. The maximum absolute atomic E-state index is 13.2. The SMILES string of the molecule is C=CCOC(=O)CC(=O)Cc1cc(F)c(F)cc1F. The van der Waals surface area contributed by atoms with Crippen LogP contribution in [0.5, 0.6) is 0 Å². The minimum Gasteiger partial charge on any atom is -0.461 e. The van der Waals surface area contributed by atoms with Crippen LogP contribution in [0.2, 0.25) is 0 Å². The zero-order valence-electron chi connectivity index (χ0n) is 9.92. The van der Waals surface area contributed by atoms with E-state index in [-0.39, 0.29) is 12.2 Å². The average Bonchev–Trinajstić information content (AvgIpc) is 2.33. The lowest BCUT2D eigenvalue weighted by molar-refractivity contribution is -0.144. The second kappa shape index (κ2) is 6.72. The molecule has 0 N–H and O–H groups in total. The molecule has 0 unspecified atom stereocenters. The smallest absolute Gasteiger partial charge is 0.313 e. The Morgan fingerprint density at radius 2 is 1.79 bits per heavy atom. The van der Waals surface area contributed by atoms with E-state index in [1.54, 1.807) is 0 Å². The number of carbonyl (C=O) groups excluding carboxylic acids is 2. The highest BCUT2D eigenvalue weighted by Gasteiger charge is 2.16. The molecule has 1 aromatic rings. The molecule has 0 saturated carbocycles. The van der Waals surface area contributed by atoms with E-state index in [1.807, 2.05) is 0 Å². The molecule has 19 heavy (non-hydrogen) atoms. The van der Waals surface area contributed by atoms with Crippen molar-refractivity contribution in [1.82, 2.24) is 0 Å². The highest BCUT2D eigenvalue weighted by atomic mass is 19.2. The lowest BCUT2D eigenvalue weighted by Gasteiger charge is -2.04. The zero-order valence-corrected chi connectivity index (χ0v) is 9.92. The van der Waals surface area contributed by atoms with Crippen molar-refractivity contribution < 1.29 is 27.5 Å². The van der Waals surface area contributed by atoms with Crippen LogP contribution in [-0.4, -0.2) is 18.4 Å². The topological polar surface area (TPSA) is 43.4 Å². The first-order chi connectivity index (χ1) is 8.93. The van der Waals surface area contributed by atoms with Crippen LogP contribution in [0.15, 0.2) is 24.8 Å². The van der Waals surface area contributed by atoms with Crippen LogP contribution in [0.1, 0.15) is 12.0 Å². The van der Waals surface area contributed by atoms with Crippen molar-refractivity contribution in [3.63, 3.8) is 0 Å². The maximum Gasteiger partial charge on any atom is 0.313 e. The Balaban J connectivity index is 2.64. The fourth-order valence-corrected chi connectivity index (χ4v) is 1.34. The molecule has 1 rings (SSSR count). The van der Waals surface area contributed by atoms with Gasteiger partial charge < -0.3 is 4.74 Å². The summed E-state index contributed by atoms with van der Waals surface area (Å²) in [5.74, 6) is -5.06. The molecule has 0 saturated heterocycles. The Kier molecular flexibility index (Phi) is 5.29. The molecule has 0 aliphatic carbocycles. The summed E-state index contributed by atoms with van der Waals surface area (Å²) in [5.41, 5.74) is -0.305. The summed E-state index contributed by atoms with van der Waals surface area (Å²) >= 11 is 0. The van der Waals surface area contributed by atoms with Crippen molar-refractivity contribution in [2.24, 2.45) is 0 Å². The first-order valence-corrected chi connectivity index (χ1v) is 5.35. The fourth-order valence-electron chi connectivity index (χ4n) is 1.34. The van der Waals surface area contributed by atoms with Crippen LogP contribution in [0.3, 0.4) is 0 Å². The van der Waals surface area contributed by atoms with Crippen molar-refractivity contribution in [2.75, 3.05) is 6.61 Å². The molecule has 0 bridgehead atoms. The number of ketones is 1. The lowest BCUT2D eigenvalue weighted by Crippen LogP contribution is -2.14. The second-order valence-electron chi connectivity index (χ2n) is 3.72. The number of halogens is 3. The molecule has 0 amide bonds. The van der Waals surface area contributed by atoms with E-state index in [2.05, 4.69) is 11.3 Å². The van der Waals surface area contributed by atoms with Crippen molar-refractivity contribution in [1.29, 1.82) is 0 Å². The number of carbonyl (C=O) groups is 2. The molecular formula is C13H11F3O3. The van der Waals surface area contributed by atoms with Gasteiger partial charge >= 0.3 is 5.97 Å². The minimum atomic E-state index is -1.33. The summed E-state index contributed by atoms with van der Waals surface area (Å²) < 4.78 is 43.4. The first-order valence-electron chi connectivity index (χ1n) is 5.35. The summed E-state index contributed by atoms with van der Waals surface area (Å²) in [7, 11) is 0. The summed E-state index contributed by atoms with van der Waals surface area (Å²) in [6.45, 7) is 3.28. The van der Waals surface area contributed by atoms with Crippen molar-refractivity contribution >= 4 is 11.8 Å².